The van der Waals surface area contributed by atoms with Crippen molar-refractivity contribution in [3.63, 3.8) is 0 Å². The number of carbonyl (C=O) groups excluding carboxylic acids is 1. The summed E-state index contributed by atoms with van der Waals surface area (Å²) in [5.74, 6) is 0.191. The molecule has 0 aliphatic heterocycles. The van der Waals surface area contributed by atoms with E-state index < -0.39 is 0 Å². The highest BCUT2D eigenvalue weighted by Crippen LogP contribution is 2.09. The van der Waals surface area contributed by atoms with Crippen LogP contribution in [-0.2, 0) is 0 Å². The third kappa shape index (κ3) is 2.22. The first-order valence-corrected chi connectivity index (χ1v) is 4.77. The van der Waals surface area contributed by atoms with E-state index in [4.69, 9.17) is 0 Å². The van der Waals surface area contributed by atoms with Crippen LogP contribution in [-0.4, -0.2) is 26.3 Å². The molecule has 0 unspecified atom stereocenters. The lowest BCUT2D eigenvalue weighted by molar-refractivity contribution is 0.102. The quantitative estimate of drug-likeness (QED) is 0.788. The molecule has 0 aromatic carbocycles. The van der Waals surface area contributed by atoms with Crippen LogP contribution >= 0.6 is 0 Å². The molecule has 2 aromatic rings. The van der Waals surface area contributed by atoms with Gasteiger partial charge in [0, 0.05) is 5.69 Å². The summed E-state index contributed by atoms with van der Waals surface area (Å²) in [6.45, 7) is 3.82. The maximum absolute atomic E-state index is 11.6. The van der Waals surface area contributed by atoms with E-state index in [2.05, 4.69) is 25.7 Å². The fourth-order valence-electron chi connectivity index (χ4n) is 1.40. The summed E-state index contributed by atoms with van der Waals surface area (Å²) < 4.78 is 0. The zero-order valence-corrected chi connectivity index (χ0v) is 8.98. The topological polar surface area (TPSA) is 83.6 Å². The van der Waals surface area contributed by atoms with Gasteiger partial charge in [0.2, 0.25) is 0 Å². The van der Waals surface area contributed by atoms with Crippen molar-refractivity contribution in [2.75, 3.05) is 5.32 Å². The first kappa shape index (κ1) is 10.3. The van der Waals surface area contributed by atoms with Crippen LogP contribution < -0.4 is 5.32 Å². The molecule has 0 saturated heterocycles. The highest BCUT2D eigenvalue weighted by molar-refractivity contribution is 6.02. The van der Waals surface area contributed by atoms with E-state index >= 15 is 0 Å². The zero-order chi connectivity index (χ0) is 11.5. The van der Waals surface area contributed by atoms with Crippen molar-refractivity contribution in [1.82, 2.24) is 20.4 Å². The van der Waals surface area contributed by atoms with Crippen LogP contribution in [0.1, 0.15) is 21.7 Å². The monoisotopic (exact) mass is 217 g/mol. The largest absolute Gasteiger partial charge is 0.305 e. The van der Waals surface area contributed by atoms with Gasteiger partial charge in [-0.05, 0) is 31.5 Å². The van der Waals surface area contributed by atoms with Crippen LogP contribution in [0.3, 0.4) is 0 Å². The van der Waals surface area contributed by atoms with Crippen LogP contribution in [0.5, 0.6) is 0 Å². The summed E-state index contributed by atoms with van der Waals surface area (Å²) in [5, 5.41) is 12.3. The second-order valence-electron chi connectivity index (χ2n) is 3.48. The number of nitrogens with one attached hydrogen (secondary N) is 2. The SMILES string of the molecule is Cc1cc(C)nc(NC(=O)c2cn[nH]n2)c1. The second-order valence-corrected chi connectivity index (χ2v) is 3.48. The number of rotatable bonds is 2. The molecule has 0 atom stereocenters. The molecule has 0 bridgehead atoms. The minimum absolute atomic E-state index is 0.237. The third-order valence-corrected chi connectivity index (χ3v) is 1.99. The Morgan fingerprint density at radius 3 is 2.81 bits per heavy atom. The normalized spacial score (nSPS) is 10.1. The van der Waals surface area contributed by atoms with Gasteiger partial charge in [0.25, 0.3) is 5.91 Å². The van der Waals surface area contributed by atoms with Crippen molar-refractivity contribution in [2.45, 2.75) is 13.8 Å². The molecule has 2 heterocycles. The van der Waals surface area contributed by atoms with Gasteiger partial charge >= 0.3 is 0 Å². The predicted octanol–water partition coefficient (Wildman–Crippen LogP) is 1.07. The molecule has 16 heavy (non-hydrogen) atoms. The Kier molecular flexibility index (Phi) is 2.63. The molecule has 2 rings (SSSR count). The number of nitrogens with zero attached hydrogens (tertiary/aromatic N) is 3. The summed E-state index contributed by atoms with van der Waals surface area (Å²) >= 11 is 0. The maximum Gasteiger partial charge on any atom is 0.278 e. The molecule has 0 aliphatic carbocycles. The van der Waals surface area contributed by atoms with Crippen molar-refractivity contribution >= 4 is 11.7 Å². The van der Waals surface area contributed by atoms with Crippen molar-refractivity contribution in [1.29, 1.82) is 0 Å². The minimum atomic E-state index is -0.328. The van der Waals surface area contributed by atoms with E-state index in [0.29, 0.717) is 5.82 Å². The Balaban J connectivity index is 2.18. The van der Waals surface area contributed by atoms with Crippen molar-refractivity contribution in [3.05, 3.63) is 35.3 Å². The standard InChI is InChI=1S/C10H11N5O/c1-6-3-7(2)12-9(4-6)13-10(16)8-5-11-15-14-8/h3-5H,1-2H3,(H,11,14,15)(H,12,13,16). The summed E-state index contributed by atoms with van der Waals surface area (Å²) in [4.78, 5) is 15.8. The van der Waals surface area contributed by atoms with Crippen LogP contribution in [0.4, 0.5) is 5.82 Å². The number of aromatic amines is 1. The molecule has 6 heteroatoms. The van der Waals surface area contributed by atoms with Crippen molar-refractivity contribution in [3.8, 4) is 0 Å². The van der Waals surface area contributed by atoms with E-state index in [1.165, 1.54) is 6.20 Å². The number of aryl methyl sites for hydroxylation is 2. The lowest BCUT2D eigenvalue weighted by Crippen LogP contribution is -2.13. The highest BCUT2D eigenvalue weighted by atomic mass is 16.2. The van der Waals surface area contributed by atoms with E-state index in [1.54, 1.807) is 6.07 Å². The van der Waals surface area contributed by atoms with E-state index in [-0.39, 0.29) is 11.6 Å². The average molecular weight is 217 g/mol. The van der Waals surface area contributed by atoms with E-state index in [0.717, 1.165) is 11.3 Å². The number of carbonyl (C=O) groups is 1. The number of aromatic nitrogens is 4. The molecule has 0 radical (unpaired) electrons. The van der Waals surface area contributed by atoms with Crippen LogP contribution in [0.15, 0.2) is 18.3 Å². The fraction of sp³-hybridized carbons (Fsp3) is 0.200. The molecular weight excluding hydrogens is 206 g/mol. The molecule has 82 valence electrons. The summed E-state index contributed by atoms with van der Waals surface area (Å²) in [6, 6.07) is 3.73. The van der Waals surface area contributed by atoms with Gasteiger partial charge in [-0.25, -0.2) is 4.98 Å². The number of hydrogen-bond acceptors (Lipinski definition) is 4. The van der Waals surface area contributed by atoms with Gasteiger partial charge in [-0.15, -0.1) is 0 Å². The van der Waals surface area contributed by atoms with Crippen LogP contribution in [0.2, 0.25) is 0 Å². The predicted molar refractivity (Wildman–Crippen MR) is 58.0 cm³/mol. The summed E-state index contributed by atoms with van der Waals surface area (Å²) in [5.41, 5.74) is 2.14. The highest BCUT2D eigenvalue weighted by Gasteiger charge is 2.09. The number of hydrogen-bond donors (Lipinski definition) is 2. The lowest BCUT2D eigenvalue weighted by Gasteiger charge is -2.04. The Labute approximate surface area is 92.1 Å². The molecule has 2 aromatic heterocycles. The van der Waals surface area contributed by atoms with Gasteiger partial charge in [0.05, 0.1) is 6.20 Å². The molecule has 0 saturated carbocycles. The molecule has 1 amide bonds. The molecule has 0 aliphatic rings. The Morgan fingerprint density at radius 2 is 2.19 bits per heavy atom. The molecule has 0 fully saturated rings. The summed E-state index contributed by atoms with van der Waals surface area (Å²) in [7, 11) is 0. The summed E-state index contributed by atoms with van der Waals surface area (Å²) in [6.07, 6.45) is 1.36. The number of amides is 1. The maximum atomic E-state index is 11.6. The zero-order valence-electron chi connectivity index (χ0n) is 8.98. The van der Waals surface area contributed by atoms with E-state index in [9.17, 15) is 4.79 Å². The van der Waals surface area contributed by atoms with Crippen molar-refractivity contribution in [2.24, 2.45) is 0 Å². The van der Waals surface area contributed by atoms with Gasteiger partial charge in [0.1, 0.15) is 5.82 Å². The Bertz CT molecular complexity index is 486. The second kappa shape index (κ2) is 4.09. The van der Waals surface area contributed by atoms with Gasteiger partial charge in [-0.2, -0.15) is 15.4 Å². The first-order valence-electron chi connectivity index (χ1n) is 4.77. The minimum Gasteiger partial charge on any atom is -0.305 e. The Morgan fingerprint density at radius 1 is 1.38 bits per heavy atom. The van der Waals surface area contributed by atoms with Crippen LogP contribution in [0, 0.1) is 13.8 Å². The molecular formula is C10H11N5O. The number of anilines is 1. The van der Waals surface area contributed by atoms with Crippen molar-refractivity contribution < 1.29 is 4.79 Å². The first-order chi connectivity index (χ1) is 7.65. The smallest absolute Gasteiger partial charge is 0.278 e. The number of pyridine rings is 1. The number of H-pyrrole nitrogens is 1. The molecule has 2 N–H and O–H groups in total. The average Bonchev–Trinajstić information content (AvgIpc) is 2.68. The lowest BCUT2D eigenvalue weighted by atomic mass is 10.2. The van der Waals surface area contributed by atoms with Gasteiger partial charge in [-0.1, -0.05) is 0 Å². The molecule has 6 nitrogen and oxygen atoms in total. The van der Waals surface area contributed by atoms with Crippen LogP contribution in [0.25, 0.3) is 0 Å². The molecule has 0 spiro atoms. The van der Waals surface area contributed by atoms with Gasteiger partial charge in [-0.3, -0.25) is 4.79 Å². The Hall–Kier alpha value is -2.24. The third-order valence-electron chi connectivity index (χ3n) is 1.99. The van der Waals surface area contributed by atoms with Gasteiger partial charge < -0.3 is 5.32 Å². The van der Waals surface area contributed by atoms with E-state index in [1.807, 2.05) is 19.9 Å². The fourth-order valence-corrected chi connectivity index (χ4v) is 1.40. The van der Waals surface area contributed by atoms with Gasteiger partial charge in [0.15, 0.2) is 5.69 Å².